The summed E-state index contributed by atoms with van der Waals surface area (Å²) in [5.74, 6) is -1.10. The summed E-state index contributed by atoms with van der Waals surface area (Å²) in [4.78, 5) is 52.9. The van der Waals surface area contributed by atoms with Crippen LogP contribution >= 0.6 is 15.9 Å². The lowest BCUT2D eigenvalue weighted by Crippen LogP contribution is -2.63. The Hall–Kier alpha value is -2.22. The van der Waals surface area contributed by atoms with E-state index in [2.05, 4.69) is 26.1 Å². The average molecular weight is 446 g/mol. The van der Waals surface area contributed by atoms with E-state index < -0.39 is 23.8 Å². The summed E-state index contributed by atoms with van der Waals surface area (Å²) in [7, 11) is 0. The molecule has 0 bridgehead atoms. The molecule has 1 spiro atoms. The number of rotatable bonds is 3. The molecule has 1 N–H and O–H groups in total. The first kappa shape index (κ1) is 17.8. The van der Waals surface area contributed by atoms with Crippen molar-refractivity contribution in [3.8, 4) is 0 Å². The normalized spacial score (nSPS) is 26.2. The Bertz CT molecular complexity index is 916. The van der Waals surface area contributed by atoms with Gasteiger partial charge in [-0.1, -0.05) is 22.0 Å². The maximum absolute atomic E-state index is 13.1. The number of nitrogens with one attached hydrogen (secondary N) is 1. The van der Waals surface area contributed by atoms with E-state index in [9.17, 15) is 19.2 Å². The molecule has 4 amide bonds. The lowest BCUT2D eigenvalue weighted by atomic mass is 9.58. The Kier molecular flexibility index (Phi) is 3.91. The van der Waals surface area contributed by atoms with Crippen LogP contribution in [0, 0.1) is 11.3 Å². The van der Waals surface area contributed by atoms with E-state index in [1.807, 2.05) is 6.07 Å². The Balaban J connectivity index is 1.40. The van der Waals surface area contributed by atoms with Gasteiger partial charge in [-0.2, -0.15) is 0 Å². The smallest absolute Gasteiger partial charge is 0.264 e. The van der Waals surface area contributed by atoms with Gasteiger partial charge in [0.15, 0.2) is 0 Å². The minimum absolute atomic E-state index is 0.125. The molecule has 146 valence electrons. The third kappa shape index (κ3) is 2.46. The molecular weight excluding hydrogens is 426 g/mol. The number of hydrogen-bond donors (Lipinski definition) is 1. The lowest BCUT2D eigenvalue weighted by molar-refractivity contribution is -0.136. The molecule has 5 rings (SSSR count). The van der Waals surface area contributed by atoms with Gasteiger partial charge in [0.2, 0.25) is 11.8 Å². The van der Waals surface area contributed by atoms with E-state index in [1.165, 1.54) is 12.8 Å². The fraction of sp³-hybridized carbons (Fsp3) is 0.500. The van der Waals surface area contributed by atoms with E-state index in [4.69, 9.17) is 0 Å². The summed E-state index contributed by atoms with van der Waals surface area (Å²) < 4.78 is 0. The van der Waals surface area contributed by atoms with Crippen molar-refractivity contribution in [2.45, 2.75) is 31.7 Å². The zero-order valence-electron chi connectivity index (χ0n) is 15.2. The first-order valence-electron chi connectivity index (χ1n) is 9.58. The second kappa shape index (κ2) is 6.14. The van der Waals surface area contributed by atoms with Gasteiger partial charge in [0, 0.05) is 30.3 Å². The van der Waals surface area contributed by atoms with E-state index in [1.54, 1.807) is 12.1 Å². The molecule has 1 aromatic rings. The minimum atomic E-state index is -0.924. The summed E-state index contributed by atoms with van der Waals surface area (Å²) >= 11 is 3.54. The van der Waals surface area contributed by atoms with Gasteiger partial charge in [-0.05, 0) is 37.3 Å². The van der Waals surface area contributed by atoms with E-state index in [0.29, 0.717) is 16.5 Å². The second-order valence-corrected chi connectivity index (χ2v) is 9.08. The zero-order valence-corrected chi connectivity index (χ0v) is 16.8. The SMILES string of the molecule is O=C1CCC(N2C(=O)c3cccc(N4CC5(CC(CBr)C5)C4)c3C2=O)C(=O)N1. The van der Waals surface area contributed by atoms with Gasteiger partial charge in [-0.3, -0.25) is 29.4 Å². The third-order valence-electron chi connectivity index (χ3n) is 6.50. The van der Waals surface area contributed by atoms with E-state index in [0.717, 1.165) is 34.9 Å². The molecule has 2 saturated heterocycles. The van der Waals surface area contributed by atoms with Crippen LogP contribution in [0.5, 0.6) is 0 Å². The van der Waals surface area contributed by atoms with Crippen molar-refractivity contribution in [3.05, 3.63) is 29.3 Å². The summed E-state index contributed by atoms with van der Waals surface area (Å²) in [5, 5.41) is 3.26. The number of anilines is 1. The Morgan fingerprint density at radius 3 is 2.54 bits per heavy atom. The molecule has 1 saturated carbocycles. The lowest BCUT2D eigenvalue weighted by Gasteiger charge is -2.60. The molecule has 1 unspecified atom stereocenters. The number of carbonyl (C=O) groups is 4. The predicted octanol–water partition coefficient (Wildman–Crippen LogP) is 1.70. The number of hydrogen-bond acceptors (Lipinski definition) is 5. The molecular formula is C20H20BrN3O4. The highest BCUT2D eigenvalue weighted by atomic mass is 79.9. The Morgan fingerprint density at radius 1 is 1.11 bits per heavy atom. The van der Waals surface area contributed by atoms with E-state index >= 15 is 0 Å². The summed E-state index contributed by atoms with van der Waals surface area (Å²) in [6.07, 6.45) is 2.68. The molecule has 0 aromatic heterocycles. The van der Waals surface area contributed by atoms with Crippen LogP contribution in [0.2, 0.25) is 0 Å². The zero-order chi connectivity index (χ0) is 19.6. The fourth-order valence-corrected chi connectivity index (χ4v) is 5.68. The maximum Gasteiger partial charge on any atom is 0.264 e. The topological polar surface area (TPSA) is 86.8 Å². The molecule has 28 heavy (non-hydrogen) atoms. The molecule has 3 fully saturated rings. The summed E-state index contributed by atoms with van der Waals surface area (Å²) in [6.45, 7) is 1.79. The quantitative estimate of drug-likeness (QED) is 0.565. The van der Waals surface area contributed by atoms with E-state index in [-0.39, 0.29) is 18.7 Å². The van der Waals surface area contributed by atoms with Crippen LogP contribution in [0.4, 0.5) is 5.69 Å². The van der Waals surface area contributed by atoms with Crippen molar-refractivity contribution < 1.29 is 19.2 Å². The number of carbonyl (C=O) groups excluding carboxylic acids is 4. The van der Waals surface area contributed by atoms with Crippen molar-refractivity contribution >= 4 is 45.2 Å². The first-order chi connectivity index (χ1) is 13.4. The van der Waals surface area contributed by atoms with Crippen LogP contribution in [-0.2, 0) is 9.59 Å². The molecule has 7 nitrogen and oxygen atoms in total. The van der Waals surface area contributed by atoms with Gasteiger partial charge < -0.3 is 4.90 Å². The average Bonchev–Trinajstić information content (AvgIpc) is 2.85. The maximum atomic E-state index is 13.1. The number of amides is 4. The fourth-order valence-electron chi connectivity index (χ4n) is 5.23. The third-order valence-corrected chi connectivity index (χ3v) is 7.42. The van der Waals surface area contributed by atoms with Crippen LogP contribution < -0.4 is 10.2 Å². The van der Waals surface area contributed by atoms with Crippen LogP contribution in [0.3, 0.4) is 0 Å². The van der Waals surface area contributed by atoms with Gasteiger partial charge in [-0.15, -0.1) is 0 Å². The molecule has 8 heteroatoms. The highest BCUT2D eigenvalue weighted by molar-refractivity contribution is 9.09. The number of halogens is 1. The number of piperidine rings is 1. The van der Waals surface area contributed by atoms with Crippen molar-refractivity contribution in [3.63, 3.8) is 0 Å². The predicted molar refractivity (Wildman–Crippen MR) is 104 cm³/mol. The highest BCUT2D eigenvalue weighted by Gasteiger charge is 2.53. The summed E-state index contributed by atoms with van der Waals surface area (Å²) in [5.41, 5.74) is 1.86. The Morgan fingerprint density at radius 2 is 1.86 bits per heavy atom. The number of alkyl halides is 1. The minimum Gasteiger partial charge on any atom is -0.370 e. The monoisotopic (exact) mass is 445 g/mol. The van der Waals surface area contributed by atoms with Gasteiger partial charge in [0.25, 0.3) is 11.8 Å². The molecule has 3 heterocycles. The number of nitrogens with zero attached hydrogens (tertiary/aromatic N) is 2. The van der Waals surface area contributed by atoms with Gasteiger partial charge in [-0.25, -0.2) is 0 Å². The van der Waals surface area contributed by atoms with Crippen molar-refractivity contribution in [1.29, 1.82) is 0 Å². The van der Waals surface area contributed by atoms with Crippen LogP contribution in [0.15, 0.2) is 18.2 Å². The number of fused-ring (bicyclic) bond motifs is 1. The molecule has 1 aromatic carbocycles. The molecule has 1 atom stereocenters. The van der Waals surface area contributed by atoms with Gasteiger partial charge in [0.1, 0.15) is 6.04 Å². The van der Waals surface area contributed by atoms with Crippen LogP contribution in [-0.4, -0.2) is 53.0 Å². The number of imide groups is 2. The summed E-state index contributed by atoms with van der Waals surface area (Å²) in [6, 6.07) is 4.39. The second-order valence-electron chi connectivity index (χ2n) is 8.43. The van der Waals surface area contributed by atoms with Gasteiger partial charge in [0.05, 0.1) is 16.8 Å². The van der Waals surface area contributed by atoms with Crippen molar-refractivity contribution in [2.75, 3.05) is 23.3 Å². The largest absolute Gasteiger partial charge is 0.370 e. The standard InChI is InChI=1S/C20H20BrN3O4/c21-8-11-6-20(7-11)9-23(10-20)13-3-1-2-12-16(13)19(28)24(18(12)27)14-4-5-15(25)22-17(14)26/h1-3,11,14H,4-10H2,(H,22,25,26). The van der Waals surface area contributed by atoms with Crippen molar-refractivity contribution in [1.82, 2.24) is 10.2 Å². The molecule has 0 radical (unpaired) electrons. The molecule has 4 aliphatic rings. The van der Waals surface area contributed by atoms with Crippen molar-refractivity contribution in [2.24, 2.45) is 11.3 Å². The molecule has 3 aliphatic heterocycles. The number of benzene rings is 1. The Labute approximate surface area is 170 Å². The van der Waals surface area contributed by atoms with Crippen LogP contribution in [0.1, 0.15) is 46.4 Å². The first-order valence-corrected chi connectivity index (χ1v) is 10.7. The highest BCUT2D eigenvalue weighted by Crippen LogP contribution is 2.54. The molecule has 1 aliphatic carbocycles. The van der Waals surface area contributed by atoms with Crippen LogP contribution in [0.25, 0.3) is 0 Å². The van der Waals surface area contributed by atoms with Gasteiger partial charge >= 0.3 is 0 Å².